The Morgan fingerprint density at radius 3 is 2.65 bits per heavy atom. The van der Waals surface area contributed by atoms with Crippen molar-refractivity contribution in [3.8, 4) is 0 Å². The highest BCUT2D eigenvalue weighted by molar-refractivity contribution is 5.89. The number of Topliss-reactive ketones (excluding diaryl/α,β-unsaturated/α-hetero) is 2. The van der Waals surface area contributed by atoms with Crippen LogP contribution in [0.15, 0.2) is 30.3 Å². The van der Waals surface area contributed by atoms with Crippen LogP contribution in [0.1, 0.15) is 50.5 Å². The second kappa shape index (κ2) is 5.51. The van der Waals surface area contributed by atoms with Gasteiger partial charge in [-0.3, -0.25) is 9.59 Å². The molecule has 0 aliphatic heterocycles. The summed E-state index contributed by atoms with van der Waals surface area (Å²) in [5, 5.41) is 0. The third-order valence-corrected chi connectivity index (χ3v) is 5.23. The van der Waals surface area contributed by atoms with Crippen molar-refractivity contribution in [1.82, 2.24) is 0 Å². The van der Waals surface area contributed by atoms with E-state index >= 15 is 0 Å². The van der Waals surface area contributed by atoms with Gasteiger partial charge in [-0.15, -0.1) is 0 Å². The molecule has 0 spiro atoms. The van der Waals surface area contributed by atoms with Crippen molar-refractivity contribution in [3.05, 3.63) is 35.9 Å². The molecule has 0 bridgehead atoms. The van der Waals surface area contributed by atoms with Crippen LogP contribution in [0.3, 0.4) is 0 Å². The van der Waals surface area contributed by atoms with Crippen LogP contribution in [-0.2, 0) is 16.0 Å². The quantitative estimate of drug-likeness (QED) is 0.820. The molecule has 20 heavy (non-hydrogen) atoms. The highest BCUT2D eigenvalue weighted by Gasteiger charge is 2.48. The predicted octanol–water partition coefficient (Wildman–Crippen LogP) is 3.73. The molecule has 0 heterocycles. The minimum absolute atomic E-state index is 0.258. The summed E-state index contributed by atoms with van der Waals surface area (Å²) in [7, 11) is 0. The van der Waals surface area contributed by atoms with Gasteiger partial charge in [0.05, 0.1) is 0 Å². The van der Waals surface area contributed by atoms with Gasteiger partial charge in [-0.2, -0.15) is 0 Å². The maximum atomic E-state index is 12.8. The normalized spacial score (nSPS) is 30.7. The Balaban J connectivity index is 1.94. The van der Waals surface area contributed by atoms with E-state index in [-0.39, 0.29) is 11.3 Å². The van der Waals surface area contributed by atoms with Crippen LogP contribution >= 0.6 is 0 Å². The van der Waals surface area contributed by atoms with Crippen LogP contribution in [0.2, 0.25) is 0 Å². The van der Waals surface area contributed by atoms with Crippen LogP contribution in [0.5, 0.6) is 0 Å². The summed E-state index contributed by atoms with van der Waals surface area (Å²) in [5.74, 6) is 1.05. The largest absolute Gasteiger partial charge is 0.300 e. The van der Waals surface area contributed by atoms with Gasteiger partial charge < -0.3 is 0 Å². The molecule has 0 aromatic heterocycles. The lowest BCUT2D eigenvalue weighted by atomic mass is 9.60. The molecule has 2 atom stereocenters. The molecule has 0 unspecified atom stereocenters. The molecular weight excluding hydrogens is 248 g/mol. The van der Waals surface area contributed by atoms with Crippen LogP contribution in [0, 0.1) is 11.3 Å². The Morgan fingerprint density at radius 1 is 1.05 bits per heavy atom. The average molecular weight is 270 g/mol. The van der Waals surface area contributed by atoms with Crippen molar-refractivity contribution in [1.29, 1.82) is 0 Å². The first-order valence-corrected chi connectivity index (χ1v) is 7.80. The topological polar surface area (TPSA) is 34.1 Å². The van der Waals surface area contributed by atoms with Crippen LogP contribution in [0.4, 0.5) is 0 Å². The van der Waals surface area contributed by atoms with E-state index in [1.54, 1.807) is 0 Å². The lowest BCUT2D eigenvalue weighted by Gasteiger charge is -2.41. The van der Waals surface area contributed by atoms with Gasteiger partial charge in [0.25, 0.3) is 0 Å². The molecule has 0 amide bonds. The van der Waals surface area contributed by atoms with E-state index in [9.17, 15) is 9.59 Å². The van der Waals surface area contributed by atoms with Crippen molar-refractivity contribution < 1.29 is 9.59 Å². The first-order chi connectivity index (χ1) is 9.71. The van der Waals surface area contributed by atoms with E-state index in [4.69, 9.17) is 0 Å². The van der Waals surface area contributed by atoms with Crippen LogP contribution < -0.4 is 0 Å². The minimum atomic E-state index is -0.258. The molecule has 106 valence electrons. The molecule has 1 aromatic carbocycles. The molecule has 0 saturated heterocycles. The van der Waals surface area contributed by atoms with Gasteiger partial charge in [0.1, 0.15) is 11.6 Å². The molecule has 0 radical (unpaired) electrons. The fraction of sp³-hybridized carbons (Fsp3) is 0.556. The van der Waals surface area contributed by atoms with Gasteiger partial charge in [0.15, 0.2) is 0 Å². The standard InChI is InChI=1S/C18H22O2/c19-16-10-11-18(13-14-6-2-1-3-7-14)15(12-16)8-4-5-9-17(18)20/h1-3,6-7,15H,4-5,8-13H2/t15-,18-/m0/s1. The highest BCUT2D eigenvalue weighted by Crippen LogP contribution is 2.48. The van der Waals surface area contributed by atoms with E-state index in [1.165, 1.54) is 5.56 Å². The first kappa shape index (κ1) is 13.5. The number of hydrogen-bond donors (Lipinski definition) is 0. The first-order valence-electron chi connectivity index (χ1n) is 7.80. The molecule has 2 heteroatoms. The van der Waals surface area contributed by atoms with E-state index in [1.807, 2.05) is 18.2 Å². The Bertz CT molecular complexity index is 505. The molecule has 2 fully saturated rings. The molecular formula is C18H22O2. The summed E-state index contributed by atoms with van der Waals surface area (Å²) in [4.78, 5) is 24.6. The van der Waals surface area contributed by atoms with E-state index in [2.05, 4.69) is 12.1 Å². The van der Waals surface area contributed by atoms with Crippen molar-refractivity contribution in [2.24, 2.45) is 11.3 Å². The fourth-order valence-corrected chi connectivity index (χ4v) is 4.10. The monoisotopic (exact) mass is 270 g/mol. The second-order valence-corrected chi connectivity index (χ2v) is 6.43. The van der Waals surface area contributed by atoms with Gasteiger partial charge in [0.2, 0.25) is 0 Å². The Labute approximate surface area is 120 Å². The summed E-state index contributed by atoms with van der Waals surface area (Å²) < 4.78 is 0. The predicted molar refractivity (Wildman–Crippen MR) is 78.4 cm³/mol. The average Bonchev–Trinajstić information content (AvgIpc) is 2.61. The molecule has 2 nitrogen and oxygen atoms in total. The van der Waals surface area contributed by atoms with E-state index < -0.39 is 0 Å². The third-order valence-electron chi connectivity index (χ3n) is 5.23. The SMILES string of the molecule is O=C1CC[C@@]2(Cc3ccccc3)C(=O)CCCC[C@H]2C1. The van der Waals surface area contributed by atoms with Crippen LogP contribution in [0.25, 0.3) is 0 Å². The van der Waals surface area contributed by atoms with Gasteiger partial charge >= 0.3 is 0 Å². The Morgan fingerprint density at radius 2 is 1.85 bits per heavy atom. The maximum absolute atomic E-state index is 12.8. The van der Waals surface area contributed by atoms with Gasteiger partial charge in [-0.25, -0.2) is 0 Å². The zero-order valence-electron chi connectivity index (χ0n) is 11.9. The lowest BCUT2D eigenvalue weighted by molar-refractivity contribution is -0.137. The van der Waals surface area contributed by atoms with Gasteiger partial charge in [-0.1, -0.05) is 36.8 Å². The number of ketones is 2. The number of carbonyl (C=O) groups is 2. The van der Waals surface area contributed by atoms with Crippen molar-refractivity contribution >= 4 is 11.6 Å². The summed E-state index contributed by atoms with van der Waals surface area (Å²) in [5.41, 5.74) is 0.980. The van der Waals surface area contributed by atoms with E-state index in [0.29, 0.717) is 30.8 Å². The Hall–Kier alpha value is -1.44. The zero-order valence-corrected chi connectivity index (χ0v) is 11.9. The number of carbonyl (C=O) groups excluding carboxylic acids is 2. The summed E-state index contributed by atoms with van der Waals surface area (Å²) in [6, 6.07) is 10.3. The molecule has 3 rings (SSSR count). The number of benzene rings is 1. The van der Waals surface area contributed by atoms with Crippen molar-refractivity contribution in [3.63, 3.8) is 0 Å². The minimum Gasteiger partial charge on any atom is -0.300 e. The third kappa shape index (κ3) is 2.44. The lowest BCUT2D eigenvalue weighted by Crippen LogP contribution is -2.44. The highest BCUT2D eigenvalue weighted by atomic mass is 16.1. The molecule has 1 aromatic rings. The van der Waals surface area contributed by atoms with E-state index in [0.717, 1.165) is 32.1 Å². The summed E-state index contributed by atoms with van der Waals surface area (Å²) >= 11 is 0. The fourth-order valence-electron chi connectivity index (χ4n) is 4.10. The maximum Gasteiger partial charge on any atom is 0.139 e. The smallest absolute Gasteiger partial charge is 0.139 e. The van der Waals surface area contributed by atoms with Gasteiger partial charge in [0, 0.05) is 24.7 Å². The molecule has 0 N–H and O–H groups in total. The molecule has 2 saturated carbocycles. The van der Waals surface area contributed by atoms with Crippen molar-refractivity contribution in [2.45, 2.75) is 51.4 Å². The number of fused-ring (bicyclic) bond motifs is 1. The molecule has 2 aliphatic rings. The van der Waals surface area contributed by atoms with Gasteiger partial charge in [-0.05, 0) is 37.2 Å². The number of rotatable bonds is 2. The number of hydrogen-bond acceptors (Lipinski definition) is 2. The zero-order chi connectivity index (χ0) is 14.0. The van der Waals surface area contributed by atoms with Crippen LogP contribution in [-0.4, -0.2) is 11.6 Å². The second-order valence-electron chi connectivity index (χ2n) is 6.43. The van der Waals surface area contributed by atoms with Crippen molar-refractivity contribution in [2.75, 3.05) is 0 Å². The molecule has 2 aliphatic carbocycles. The summed E-state index contributed by atoms with van der Waals surface area (Å²) in [6.45, 7) is 0. The summed E-state index contributed by atoms with van der Waals surface area (Å²) in [6.07, 6.45) is 6.66. The Kier molecular flexibility index (Phi) is 3.73.